The number of alkyl halides is 2. The van der Waals surface area contributed by atoms with Crippen molar-refractivity contribution >= 4 is 40.9 Å². The summed E-state index contributed by atoms with van der Waals surface area (Å²) in [7, 11) is 0. The molecule has 0 aromatic heterocycles. The van der Waals surface area contributed by atoms with Crippen molar-refractivity contribution in [2.75, 3.05) is 12.3 Å². The summed E-state index contributed by atoms with van der Waals surface area (Å²) in [5.41, 5.74) is 2.17. The molecule has 2 aromatic carbocycles. The van der Waals surface area contributed by atoms with Crippen LogP contribution < -0.4 is 4.74 Å². The summed E-state index contributed by atoms with van der Waals surface area (Å²) >= 11 is 13.2. The number of nitrogens with zero attached hydrogens (tertiary/aromatic N) is 1. The zero-order valence-corrected chi connectivity index (χ0v) is 15.2. The van der Waals surface area contributed by atoms with E-state index in [0.717, 1.165) is 22.6 Å². The highest BCUT2D eigenvalue weighted by Gasteiger charge is 2.33. The van der Waals surface area contributed by atoms with E-state index < -0.39 is 4.84 Å². The summed E-state index contributed by atoms with van der Waals surface area (Å²) in [5.74, 6) is 1.44. The standard InChI is InChI=1S/C18H17Cl2NO2S/c19-16(20)17(22)21-10-11-24-18(21)14-6-8-15(9-7-14)23-12-13-4-2-1-3-5-13/h1-9,16,18H,10-12H2. The molecule has 0 N–H and O–H groups in total. The van der Waals surface area contributed by atoms with Crippen molar-refractivity contribution in [3.05, 3.63) is 65.7 Å². The first-order chi connectivity index (χ1) is 11.6. The molecule has 24 heavy (non-hydrogen) atoms. The summed E-state index contributed by atoms with van der Waals surface area (Å²) in [6.07, 6.45) is 0. The Labute approximate surface area is 155 Å². The molecule has 3 nitrogen and oxygen atoms in total. The maximum absolute atomic E-state index is 12.1. The number of benzene rings is 2. The van der Waals surface area contributed by atoms with Crippen LogP contribution in [0.5, 0.6) is 5.75 Å². The molecule has 1 saturated heterocycles. The second kappa shape index (κ2) is 8.15. The number of carbonyl (C=O) groups excluding carboxylic acids is 1. The normalized spacial score (nSPS) is 17.3. The van der Waals surface area contributed by atoms with E-state index in [9.17, 15) is 4.79 Å². The van der Waals surface area contributed by atoms with E-state index in [1.54, 1.807) is 16.7 Å². The molecule has 1 aliphatic heterocycles. The maximum atomic E-state index is 12.1. The van der Waals surface area contributed by atoms with Crippen molar-refractivity contribution in [3.63, 3.8) is 0 Å². The van der Waals surface area contributed by atoms with Crippen LogP contribution in [0.1, 0.15) is 16.5 Å². The van der Waals surface area contributed by atoms with E-state index in [0.29, 0.717) is 13.2 Å². The van der Waals surface area contributed by atoms with Crippen molar-refractivity contribution in [2.24, 2.45) is 0 Å². The highest BCUT2D eigenvalue weighted by molar-refractivity contribution is 7.99. The Bertz CT molecular complexity index is 679. The first kappa shape index (κ1) is 17.5. The Morgan fingerprint density at radius 2 is 1.88 bits per heavy atom. The lowest BCUT2D eigenvalue weighted by atomic mass is 10.2. The van der Waals surface area contributed by atoms with Crippen LogP contribution in [0.15, 0.2) is 54.6 Å². The smallest absolute Gasteiger partial charge is 0.257 e. The van der Waals surface area contributed by atoms with Gasteiger partial charge in [0.1, 0.15) is 17.7 Å². The van der Waals surface area contributed by atoms with E-state index in [1.165, 1.54) is 0 Å². The minimum atomic E-state index is -1.01. The number of ether oxygens (including phenoxy) is 1. The molecular formula is C18H17Cl2NO2S. The fraction of sp³-hybridized carbons (Fsp3) is 0.278. The van der Waals surface area contributed by atoms with Crippen LogP contribution in [0.3, 0.4) is 0 Å². The average Bonchev–Trinajstić information content (AvgIpc) is 3.10. The Hall–Kier alpha value is -1.36. The third-order valence-corrected chi connectivity index (χ3v) is 5.41. The molecule has 0 spiro atoms. The lowest BCUT2D eigenvalue weighted by molar-refractivity contribution is -0.129. The van der Waals surface area contributed by atoms with Gasteiger partial charge in [-0.2, -0.15) is 0 Å². The molecule has 0 saturated carbocycles. The third-order valence-electron chi connectivity index (χ3n) is 3.77. The second-order valence-corrected chi connectivity index (χ2v) is 7.68. The summed E-state index contributed by atoms with van der Waals surface area (Å²) in [4.78, 5) is 12.8. The summed E-state index contributed by atoms with van der Waals surface area (Å²) in [5, 5.41) is -0.0410. The van der Waals surface area contributed by atoms with Crippen LogP contribution in [0.25, 0.3) is 0 Å². The van der Waals surface area contributed by atoms with Gasteiger partial charge in [0.05, 0.1) is 0 Å². The van der Waals surface area contributed by atoms with Crippen molar-refractivity contribution in [1.29, 1.82) is 0 Å². The number of amides is 1. The lowest BCUT2D eigenvalue weighted by Gasteiger charge is -2.24. The van der Waals surface area contributed by atoms with Crippen LogP contribution in [0.2, 0.25) is 0 Å². The molecule has 126 valence electrons. The Morgan fingerprint density at radius 3 is 2.54 bits per heavy atom. The van der Waals surface area contributed by atoms with Gasteiger partial charge in [0.25, 0.3) is 5.91 Å². The van der Waals surface area contributed by atoms with E-state index in [2.05, 4.69) is 0 Å². The third kappa shape index (κ3) is 4.18. The molecule has 3 rings (SSSR count). The van der Waals surface area contributed by atoms with Crippen molar-refractivity contribution in [1.82, 2.24) is 4.90 Å². The van der Waals surface area contributed by atoms with E-state index >= 15 is 0 Å². The summed E-state index contributed by atoms with van der Waals surface area (Å²) in [6.45, 7) is 1.19. The molecular weight excluding hydrogens is 365 g/mol. The zero-order valence-electron chi connectivity index (χ0n) is 12.9. The molecule has 1 aliphatic rings. The summed E-state index contributed by atoms with van der Waals surface area (Å²) in [6, 6.07) is 17.9. The number of carbonyl (C=O) groups is 1. The minimum Gasteiger partial charge on any atom is -0.489 e. The first-order valence-electron chi connectivity index (χ1n) is 7.62. The van der Waals surface area contributed by atoms with Gasteiger partial charge in [-0.3, -0.25) is 4.79 Å². The monoisotopic (exact) mass is 381 g/mol. The van der Waals surface area contributed by atoms with Crippen molar-refractivity contribution < 1.29 is 9.53 Å². The van der Waals surface area contributed by atoms with Gasteiger partial charge in [0, 0.05) is 12.3 Å². The highest BCUT2D eigenvalue weighted by atomic mass is 35.5. The SMILES string of the molecule is O=C(C(Cl)Cl)N1CCSC1c1ccc(OCc2ccccc2)cc1. The van der Waals surface area contributed by atoms with Gasteiger partial charge in [0.2, 0.25) is 0 Å². The molecule has 0 bridgehead atoms. The first-order valence-corrected chi connectivity index (χ1v) is 9.54. The fourth-order valence-electron chi connectivity index (χ4n) is 2.57. The molecule has 1 unspecified atom stereocenters. The van der Waals surface area contributed by atoms with E-state index in [1.807, 2.05) is 54.6 Å². The maximum Gasteiger partial charge on any atom is 0.257 e. The van der Waals surface area contributed by atoms with Gasteiger partial charge in [-0.1, -0.05) is 65.7 Å². The molecule has 1 heterocycles. The van der Waals surface area contributed by atoms with Crippen LogP contribution >= 0.6 is 35.0 Å². The minimum absolute atomic E-state index is 0.0410. The molecule has 2 aromatic rings. The molecule has 1 atom stereocenters. The average molecular weight is 382 g/mol. The largest absolute Gasteiger partial charge is 0.489 e. The Balaban J connectivity index is 1.64. The number of hydrogen-bond donors (Lipinski definition) is 0. The van der Waals surface area contributed by atoms with Gasteiger partial charge < -0.3 is 9.64 Å². The van der Waals surface area contributed by atoms with Gasteiger partial charge >= 0.3 is 0 Å². The zero-order chi connectivity index (χ0) is 16.9. The van der Waals surface area contributed by atoms with Crippen LogP contribution in [-0.2, 0) is 11.4 Å². The van der Waals surface area contributed by atoms with E-state index in [-0.39, 0.29) is 11.3 Å². The van der Waals surface area contributed by atoms with E-state index in [4.69, 9.17) is 27.9 Å². The van der Waals surface area contributed by atoms with Gasteiger partial charge in [0.15, 0.2) is 4.84 Å². The van der Waals surface area contributed by atoms with Gasteiger partial charge in [-0.15, -0.1) is 11.8 Å². The fourth-order valence-corrected chi connectivity index (χ4v) is 4.08. The number of halogens is 2. The predicted molar refractivity (Wildman–Crippen MR) is 99.6 cm³/mol. The number of rotatable bonds is 5. The van der Waals surface area contributed by atoms with Crippen molar-refractivity contribution in [2.45, 2.75) is 16.8 Å². The number of hydrogen-bond acceptors (Lipinski definition) is 3. The van der Waals surface area contributed by atoms with Gasteiger partial charge in [-0.05, 0) is 23.3 Å². The predicted octanol–water partition coefficient (Wildman–Crippen LogP) is 4.64. The lowest BCUT2D eigenvalue weighted by Crippen LogP contribution is -2.34. The molecule has 1 amide bonds. The summed E-state index contributed by atoms with van der Waals surface area (Å²) < 4.78 is 5.79. The quantitative estimate of drug-likeness (QED) is 0.706. The molecule has 1 fully saturated rings. The Morgan fingerprint density at radius 1 is 1.17 bits per heavy atom. The van der Waals surface area contributed by atoms with Crippen LogP contribution in [0.4, 0.5) is 0 Å². The Kier molecular flexibility index (Phi) is 5.93. The highest BCUT2D eigenvalue weighted by Crippen LogP contribution is 2.39. The molecule has 0 aliphatic carbocycles. The van der Waals surface area contributed by atoms with Crippen LogP contribution in [-0.4, -0.2) is 27.9 Å². The topological polar surface area (TPSA) is 29.5 Å². The second-order valence-electron chi connectivity index (χ2n) is 5.40. The number of thioether (sulfide) groups is 1. The van der Waals surface area contributed by atoms with Gasteiger partial charge in [-0.25, -0.2) is 0 Å². The molecule has 0 radical (unpaired) electrons. The van der Waals surface area contributed by atoms with Crippen molar-refractivity contribution in [3.8, 4) is 5.75 Å². The molecule has 6 heteroatoms. The van der Waals surface area contributed by atoms with Crippen LogP contribution in [0, 0.1) is 0 Å².